The van der Waals surface area contributed by atoms with Crippen LogP contribution in [-0.2, 0) is 0 Å². The number of hydrogen-bond donors (Lipinski definition) is 0. The second-order valence-electron chi connectivity index (χ2n) is 8.91. The zero-order chi connectivity index (χ0) is 25.2. The predicted molar refractivity (Wildman–Crippen MR) is 144 cm³/mol. The predicted octanol–water partition coefficient (Wildman–Crippen LogP) is 6.30. The van der Waals surface area contributed by atoms with Crippen LogP contribution in [0.5, 0.6) is 0 Å². The number of ketones is 2. The van der Waals surface area contributed by atoms with Gasteiger partial charge in [0.2, 0.25) is 5.78 Å². The number of nitrogens with zero attached hydrogens (tertiary/aromatic N) is 3. The number of carbonyl (C=O) groups excluding carboxylic acids is 2. The molecule has 0 unspecified atom stereocenters. The average molecular weight is 494 g/mol. The number of carbonyl (C=O) groups is 2. The lowest BCUT2D eigenvalue weighted by atomic mass is 10.0. The Morgan fingerprint density at radius 1 is 0.833 bits per heavy atom. The van der Waals surface area contributed by atoms with Gasteiger partial charge in [-0.2, -0.15) is 0 Å². The molecular weight excluding hydrogens is 470 g/mol. The second-order valence-corrected chi connectivity index (χ2v) is 9.35. The van der Waals surface area contributed by atoms with Crippen molar-refractivity contribution >= 4 is 28.7 Å². The molecule has 0 saturated heterocycles. The maximum Gasteiger partial charge on any atom is 0.209 e. The number of fused-ring (bicyclic) bond motifs is 1. The van der Waals surface area contributed by atoms with Crippen LogP contribution in [0.1, 0.15) is 26.4 Å². The quantitative estimate of drug-likeness (QED) is 0.250. The molecule has 0 bridgehead atoms. The Kier molecular flexibility index (Phi) is 6.51. The highest BCUT2D eigenvalue weighted by molar-refractivity contribution is 6.30. The molecule has 0 N–H and O–H groups in total. The number of likely N-dealkylation sites (N-methyl/N-ethyl adjacent to an activating group) is 1. The topological polar surface area (TPSA) is 54.7 Å². The van der Waals surface area contributed by atoms with E-state index in [2.05, 4.69) is 29.2 Å². The third-order valence-corrected chi connectivity index (χ3v) is 6.30. The van der Waals surface area contributed by atoms with E-state index in [-0.39, 0.29) is 18.1 Å². The van der Waals surface area contributed by atoms with Crippen LogP contribution in [0.25, 0.3) is 27.9 Å². The fourth-order valence-corrected chi connectivity index (χ4v) is 4.37. The van der Waals surface area contributed by atoms with Gasteiger partial charge in [-0.05, 0) is 61.6 Å². The summed E-state index contributed by atoms with van der Waals surface area (Å²) in [6.45, 7) is 0.234. The fraction of sp³-hybridized carbons (Fsp3) is 0.100. The largest absolute Gasteiger partial charge is 0.302 e. The molecular formula is C30H24ClN3O2. The van der Waals surface area contributed by atoms with Gasteiger partial charge in [-0.1, -0.05) is 66.2 Å². The molecule has 5 rings (SSSR count). The Balaban J connectivity index is 1.58. The van der Waals surface area contributed by atoms with E-state index < -0.39 is 0 Å². The minimum absolute atomic E-state index is 0.0655. The summed E-state index contributed by atoms with van der Waals surface area (Å²) in [6, 6.07) is 28.6. The maximum absolute atomic E-state index is 13.3. The number of halogens is 1. The molecule has 0 aliphatic carbocycles. The van der Waals surface area contributed by atoms with Crippen molar-refractivity contribution in [1.82, 2.24) is 14.3 Å². The smallest absolute Gasteiger partial charge is 0.209 e. The molecule has 6 heteroatoms. The van der Waals surface area contributed by atoms with E-state index >= 15 is 0 Å². The van der Waals surface area contributed by atoms with Gasteiger partial charge in [0.05, 0.1) is 23.4 Å². The minimum atomic E-state index is -0.202. The number of benzene rings is 3. The average Bonchev–Trinajstić information content (AvgIpc) is 3.28. The maximum atomic E-state index is 13.3. The Hall–Kier alpha value is -4.06. The standard InChI is InChI=1S/C30H24ClN3O2/c1-33(2)18-29(35)25-16-28(30(36)23-12-14-24(31)15-13-23)34-19-32-26(17-27(25)34)22-10-8-21(9-11-22)20-6-4-3-5-7-20/h3-17,19H,18H2,1-2H3. The van der Waals surface area contributed by atoms with Crippen LogP contribution in [0, 0.1) is 0 Å². The van der Waals surface area contributed by atoms with E-state index in [1.807, 2.05) is 55.4 Å². The molecule has 2 heterocycles. The lowest BCUT2D eigenvalue weighted by Gasteiger charge is -2.09. The van der Waals surface area contributed by atoms with Gasteiger partial charge in [-0.3, -0.25) is 14.0 Å². The Labute approximate surface area is 214 Å². The van der Waals surface area contributed by atoms with Gasteiger partial charge < -0.3 is 4.90 Å². The summed E-state index contributed by atoms with van der Waals surface area (Å²) in [5, 5.41) is 0.554. The van der Waals surface area contributed by atoms with Crippen LogP contribution < -0.4 is 0 Å². The molecule has 0 saturated carbocycles. The van der Waals surface area contributed by atoms with Crippen molar-refractivity contribution in [2.45, 2.75) is 0 Å². The van der Waals surface area contributed by atoms with Crippen LogP contribution in [0.4, 0.5) is 0 Å². The Morgan fingerprint density at radius 2 is 1.47 bits per heavy atom. The molecule has 178 valence electrons. The SMILES string of the molecule is CN(C)CC(=O)c1cc(C(=O)c2ccc(Cl)cc2)n2cnc(-c3ccc(-c4ccccc4)cc3)cc12. The van der Waals surface area contributed by atoms with E-state index in [4.69, 9.17) is 11.6 Å². The Bertz CT molecular complexity index is 1550. The monoisotopic (exact) mass is 493 g/mol. The van der Waals surface area contributed by atoms with Crippen molar-refractivity contribution in [3.8, 4) is 22.4 Å². The molecule has 0 atom stereocenters. The van der Waals surface area contributed by atoms with E-state index in [1.165, 1.54) is 0 Å². The number of hydrogen-bond acceptors (Lipinski definition) is 4. The van der Waals surface area contributed by atoms with Crippen molar-refractivity contribution in [3.05, 3.63) is 119 Å². The highest BCUT2D eigenvalue weighted by Gasteiger charge is 2.22. The molecule has 0 aliphatic heterocycles. The molecule has 5 aromatic rings. The molecule has 3 aromatic carbocycles. The van der Waals surface area contributed by atoms with Crippen LogP contribution in [0.15, 0.2) is 97.3 Å². The molecule has 2 aromatic heterocycles. The molecule has 0 spiro atoms. The van der Waals surface area contributed by atoms with Crippen molar-refractivity contribution in [1.29, 1.82) is 0 Å². The third kappa shape index (κ3) is 4.71. The van der Waals surface area contributed by atoms with E-state index in [9.17, 15) is 9.59 Å². The van der Waals surface area contributed by atoms with Gasteiger partial charge in [0.15, 0.2) is 5.78 Å². The van der Waals surface area contributed by atoms with Crippen LogP contribution in [0.3, 0.4) is 0 Å². The summed E-state index contributed by atoms with van der Waals surface area (Å²) < 4.78 is 1.70. The molecule has 0 aliphatic rings. The van der Waals surface area contributed by atoms with Gasteiger partial charge in [0.1, 0.15) is 6.33 Å². The lowest BCUT2D eigenvalue weighted by Crippen LogP contribution is -2.21. The van der Waals surface area contributed by atoms with Crippen molar-refractivity contribution in [3.63, 3.8) is 0 Å². The highest BCUT2D eigenvalue weighted by Crippen LogP contribution is 2.27. The number of aromatic nitrogens is 2. The van der Waals surface area contributed by atoms with Gasteiger partial charge in [0.25, 0.3) is 0 Å². The highest BCUT2D eigenvalue weighted by atomic mass is 35.5. The summed E-state index contributed by atoms with van der Waals surface area (Å²) in [5.41, 5.74) is 5.92. The molecule has 0 fully saturated rings. The lowest BCUT2D eigenvalue weighted by molar-refractivity contribution is 0.0959. The Morgan fingerprint density at radius 3 is 2.14 bits per heavy atom. The molecule has 0 radical (unpaired) electrons. The summed E-state index contributed by atoms with van der Waals surface area (Å²) in [4.78, 5) is 32.9. The third-order valence-electron chi connectivity index (χ3n) is 6.05. The zero-order valence-corrected chi connectivity index (χ0v) is 20.7. The van der Waals surface area contributed by atoms with Crippen LogP contribution in [-0.4, -0.2) is 46.5 Å². The molecule has 0 amide bonds. The summed E-state index contributed by atoms with van der Waals surface area (Å²) >= 11 is 6.00. The van der Waals surface area contributed by atoms with Crippen molar-refractivity contribution < 1.29 is 9.59 Å². The first-order valence-electron chi connectivity index (χ1n) is 11.6. The molecule has 5 nitrogen and oxygen atoms in total. The van der Waals surface area contributed by atoms with Gasteiger partial charge in [-0.25, -0.2) is 4.98 Å². The summed E-state index contributed by atoms with van der Waals surface area (Å²) in [7, 11) is 3.69. The normalized spacial score (nSPS) is 11.2. The van der Waals surface area contributed by atoms with Crippen molar-refractivity contribution in [2.75, 3.05) is 20.6 Å². The molecule has 36 heavy (non-hydrogen) atoms. The van der Waals surface area contributed by atoms with E-state index in [0.29, 0.717) is 27.4 Å². The van der Waals surface area contributed by atoms with E-state index in [0.717, 1.165) is 22.4 Å². The first kappa shape index (κ1) is 23.7. The minimum Gasteiger partial charge on any atom is -0.302 e. The first-order chi connectivity index (χ1) is 17.4. The summed E-state index contributed by atoms with van der Waals surface area (Å²) in [5.74, 6) is -0.267. The first-order valence-corrected chi connectivity index (χ1v) is 11.9. The zero-order valence-electron chi connectivity index (χ0n) is 20.0. The van der Waals surface area contributed by atoms with Gasteiger partial charge >= 0.3 is 0 Å². The van der Waals surface area contributed by atoms with Crippen LogP contribution >= 0.6 is 11.6 Å². The van der Waals surface area contributed by atoms with Crippen molar-refractivity contribution in [2.24, 2.45) is 0 Å². The van der Waals surface area contributed by atoms with Gasteiger partial charge in [0, 0.05) is 21.7 Å². The number of Topliss-reactive ketones (excluding diaryl/α,β-unsaturated/α-hetero) is 1. The second kappa shape index (κ2) is 9.90. The van der Waals surface area contributed by atoms with Crippen LogP contribution in [0.2, 0.25) is 5.02 Å². The van der Waals surface area contributed by atoms with Gasteiger partial charge in [-0.15, -0.1) is 0 Å². The number of rotatable bonds is 7. The fourth-order valence-electron chi connectivity index (χ4n) is 4.24. The summed E-state index contributed by atoms with van der Waals surface area (Å²) in [6.07, 6.45) is 1.62. The van der Waals surface area contributed by atoms with E-state index in [1.54, 1.807) is 41.1 Å².